The monoisotopic (exact) mass is 488 g/mol. The van der Waals surface area contributed by atoms with Crippen molar-refractivity contribution in [1.82, 2.24) is 25.1 Å². The number of hydrogen-bond acceptors (Lipinski definition) is 7. The van der Waals surface area contributed by atoms with E-state index in [1.807, 2.05) is 37.5 Å². The number of benzene rings is 2. The van der Waals surface area contributed by atoms with Crippen LogP contribution in [0.3, 0.4) is 0 Å². The predicted octanol–water partition coefficient (Wildman–Crippen LogP) is 5.35. The third-order valence-corrected chi connectivity index (χ3v) is 6.53. The van der Waals surface area contributed by atoms with E-state index in [4.69, 9.17) is 14.5 Å². The molecular weight excluding hydrogens is 452 g/mol. The largest absolute Gasteiger partial charge is 0.497 e. The molecule has 0 amide bonds. The highest BCUT2D eigenvalue weighted by Gasteiger charge is 2.16. The summed E-state index contributed by atoms with van der Waals surface area (Å²) in [5.41, 5.74) is 5.57. The van der Waals surface area contributed by atoms with Crippen molar-refractivity contribution in [1.29, 1.82) is 0 Å². The summed E-state index contributed by atoms with van der Waals surface area (Å²) >= 11 is 0. The first kappa shape index (κ1) is 25.4. The van der Waals surface area contributed by atoms with Gasteiger partial charge >= 0.3 is 0 Å². The van der Waals surface area contributed by atoms with Crippen LogP contribution in [0.5, 0.6) is 11.5 Å². The van der Waals surface area contributed by atoms with Gasteiger partial charge in [0.05, 0.1) is 43.3 Å². The van der Waals surface area contributed by atoms with Gasteiger partial charge in [0.1, 0.15) is 11.5 Å². The van der Waals surface area contributed by atoms with Crippen LogP contribution < -0.4 is 19.7 Å². The molecule has 0 fully saturated rings. The Morgan fingerprint density at radius 3 is 2.36 bits per heavy atom. The quantitative estimate of drug-likeness (QED) is 0.285. The second-order valence-corrected chi connectivity index (χ2v) is 9.57. The highest BCUT2D eigenvalue weighted by molar-refractivity contribution is 5.82. The Labute approximate surface area is 213 Å². The molecule has 0 aliphatic rings. The number of ether oxygens (including phenoxy) is 2. The summed E-state index contributed by atoms with van der Waals surface area (Å²) in [4.78, 5) is 11.8. The average Bonchev–Trinajstić information content (AvgIpc) is 3.33. The minimum atomic E-state index is 0.116. The maximum atomic E-state index is 5.56. The Balaban J connectivity index is 1.70. The van der Waals surface area contributed by atoms with Crippen LogP contribution in [0.25, 0.3) is 22.3 Å². The molecule has 2 aromatic carbocycles. The molecule has 8 heteroatoms. The van der Waals surface area contributed by atoms with E-state index in [0.29, 0.717) is 0 Å². The van der Waals surface area contributed by atoms with Crippen molar-refractivity contribution in [2.45, 2.75) is 39.2 Å². The fourth-order valence-corrected chi connectivity index (χ4v) is 4.00. The molecule has 4 rings (SSSR count). The van der Waals surface area contributed by atoms with Crippen molar-refractivity contribution in [2.75, 3.05) is 32.2 Å². The number of hydrogen-bond donors (Lipinski definition) is 1. The SMILES string of the molecule is CCC(C)(C)NCCCN(c1cc(OC)cc(OC)c1)c1ccc2ncc(-c3cnn(C)c3)nc2c1. The Morgan fingerprint density at radius 1 is 0.972 bits per heavy atom. The number of aromatic nitrogens is 4. The van der Waals surface area contributed by atoms with Crippen molar-refractivity contribution >= 4 is 22.4 Å². The van der Waals surface area contributed by atoms with Gasteiger partial charge in [0.15, 0.2) is 0 Å². The second kappa shape index (κ2) is 11.0. The summed E-state index contributed by atoms with van der Waals surface area (Å²) in [6.45, 7) is 8.40. The van der Waals surface area contributed by atoms with Gasteiger partial charge in [-0.25, -0.2) is 4.98 Å². The normalized spacial score (nSPS) is 11.6. The smallest absolute Gasteiger partial charge is 0.124 e. The lowest BCUT2D eigenvalue weighted by Crippen LogP contribution is -2.39. The summed E-state index contributed by atoms with van der Waals surface area (Å²) in [5, 5.41) is 7.93. The Kier molecular flexibility index (Phi) is 7.74. The third-order valence-electron chi connectivity index (χ3n) is 6.53. The first-order valence-corrected chi connectivity index (χ1v) is 12.3. The summed E-state index contributed by atoms with van der Waals surface area (Å²) in [6.07, 6.45) is 7.58. The Hall–Kier alpha value is -3.65. The van der Waals surface area contributed by atoms with E-state index in [0.717, 1.165) is 71.1 Å². The van der Waals surface area contributed by atoms with Crippen LogP contribution in [0.1, 0.15) is 33.6 Å². The van der Waals surface area contributed by atoms with Gasteiger partial charge in [-0.3, -0.25) is 9.67 Å². The van der Waals surface area contributed by atoms with Crippen molar-refractivity contribution in [3.05, 3.63) is 55.0 Å². The van der Waals surface area contributed by atoms with E-state index in [2.05, 4.69) is 53.2 Å². The fourth-order valence-electron chi connectivity index (χ4n) is 4.00. The molecular formula is C28H36N6O2. The lowest BCUT2D eigenvalue weighted by atomic mass is 10.0. The molecule has 4 aromatic rings. The molecule has 0 radical (unpaired) electrons. The second-order valence-electron chi connectivity index (χ2n) is 9.57. The number of aryl methyl sites for hydroxylation is 1. The van der Waals surface area contributed by atoms with Crippen LogP contribution in [0, 0.1) is 0 Å². The van der Waals surface area contributed by atoms with E-state index >= 15 is 0 Å². The molecule has 0 saturated heterocycles. The molecule has 8 nitrogen and oxygen atoms in total. The zero-order valence-electron chi connectivity index (χ0n) is 22.1. The number of methoxy groups -OCH3 is 2. The minimum Gasteiger partial charge on any atom is -0.497 e. The summed E-state index contributed by atoms with van der Waals surface area (Å²) in [5.74, 6) is 1.50. The van der Waals surface area contributed by atoms with E-state index in [1.165, 1.54) is 0 Å². The van der Waals surface area contributed by atoms with Crippen LogP contribution in [0.4, 0.5) is 11.4 Å². The van der Waals surface area contributed by atoms with E-state index in [-0.39, 0.29) is 5.54 Å². The van der Waals surface area contributed by atoms with Crippen molar-refractivity contribution in [2.24, 2.45) is 7.05 Å². The van der Waals surface area contributed by atoms with Gasteiger partial charge in [0, 0.05) is 60.5 Å². The van der Waals surface area contributed by atoms with Gasteiger partial charge in [-0.2, -0.15) is 5.10 Å². The van der Waals surface area contributed by atoms with E-state index < -0.39 is 0 Å². The molecule has 0 saturated carbocycles. The molecule has 2 aromatic heterocycles. The number of anilines is 2. The van der Waals surface area contributed by atoms with Crippen LogP contribution >= 0.6 is 0 Å². The maximum absolute atomic E-state index is 5.56. The van der Waals surface area contributed by atoms with E-state index in [9.17, 15) is 0 Å². The maximum Gasteiger partial charge on any atom is 0.124 e. The number of nitrogens with one attached hydrogen (secondary N) is 1. The van der Waals surface area contributed by atoms with Crippen LogP contribution in [-0.4, -0.2) is 52.6 Å². The van der Waals surface area contributed by atoms with Gasteiger partial charge in [0.2, 0.25) is 0 Å². The van der Waals surface area contributed by atoms with E-state index in [1.54, 1.807) is 31.3 Å². The molecule has 0 bridgehead atoms. The number of nitrogens with zero attached hydrogens (tertiary/aromatic N) is 5. The van der Waals surface area contributed by atoms with Crippen LogP contribution in [0.2, 0.25) is 0 Å². The van der Waals surface area contributed by atoms with Crippen molar-refractivity contribution in [3.8, 4) is 22.8 Å². The zero-order valence-corrected chi connectivity index (χ0v) is 22.1. The summed E-state index contributed by atoms with van der Waals surface area (Å²) in [6, 6.07) is 12.2. The average molecular weight is 489 g/mol. The highest BCUT2D eigenvalue weighted by Crippen LogP contribution is 2.34. The molecule has 2 heterocycles. The molecule has 36 heavy (non-hydrogen) atoms. The van der Waals surface area contributed by atoms with Crippen molar-refractivity contribution < 1.29 is 9.47 Å². The number of fused-ring (bicyclic) bond motifs is 1. The lowest BCUT2D eigenvalue weighted by molar-refractivity contribution is 0.375. The third kappa shape index (κ3) is 5.94. The first-order chi connectivity index (χ1) is 17.3. The minimum absolute atomic E-state index is 0.116. The van der Waals surface area contributed by atoms with Gasteiger partial charge in [-0.05, 0) is 51.4 Å². The predicted molar refractivity (Wildman–Crippen MR) is 145 cm³/mol. The molecule has 0 spiro atoms. The zero-order chi connectivity index (χ0) is 25.7. The summed E-state index contributed by atoms with van der Waals surface area (Å²) < 4.78 is 12.9. The molecule has 0 atom stereocenters. The van der Waals surface area contributed by atoms with Gasteiger partial charge in [-0.15, -0.1) is 0 Å². The Morgan fingerprint density at radius 2 is 1.72 bits per heavy atom. The highest BCUT2D eigenvalue weighted by atomic mass is 16.5. The van der Waals surface area contributed by atoms with Crippen LogP contribution in [-0.2, 0) is 7.05 Å². The van der Waals surface area contributed by atoms with Crippen LogP contribution in [0.15, 0.2) is 55.0 Å². The first-order valence-electron chi connectivity index (χ1n) is 12.3. The molecule has 1 N–H and O–H groups in total. The fraction of sp³-hybridized carbons (Fsp3) is 0.393. The summed E-state index contributed by atoms with van der Waals surface area (Å²) in [7, 11) is 5.24. The van der Waals surface area contributed by atoms with Crippen molar-refractivity contribution in [3.63, 3.8) is 0 Å². The topological polar surface area (TPSA) is 77.3 Å². The van der Waals surface area contributed by atoms with Gasteiger partial charge in [-0.1, -0.05) is 6.92 Å². The molecule has 190 valence electrons. The molecule has 0 unspecified atom stereocenters. The Bertz CT molecular complexity index is 1290. The van der Waals surface area contributed by atoms with Gasteiger partial charge < -0.3 is 19.7 Å². The molecule has 0 aliphatic carbocycles. The molecule has 0 aliphatic heterocycles. The lowest BCUT2D eigenvalue weighted by Gasteiger charge is -2.28. The number of rotatable bonds is 11. The standard InChI is InChI=1S/C28H36N6O2/c1-7-28(2,3)30-11-8-12-34(22-13-23(35-5)16-24(14-22)36-6)21-9-10-25-26(15-21)32-27(18-29-25)20-17-31-33(4)19-20/h9-10,13-19,30H,7-8,11-12H2,1-6H3. The van der Waals surface area contributed by atoms with Gasteiger partial charge in [0.25, 0.3) is 0 Å².